The Morgan fingerprint density at radius 1 is 1.62 bits per heavy atom. The maximum absolute atomic E-state index is 8.19. The molecule has 0 spiro atoms. The van der Waals surface area contributed by atoms with Crippen LogP contribution in [-0.4, -0.2) is 16.4 Å². The molecule has 1 rings (SSSR count). The van der Waals surface area contributed by atoms with Gasteiger partial charge >= 0.3 is 0 Å². The maximum Gasteiger partial charge on any atom is 0.234 e. The molecule has 1 heterocycles. The van der Waals surface area contributed by atoms with E-state index < -0.39 is 0 Å². The van der Waals surface area contributed by atoms with E-state index >= 15 is 0 Å². The first kappa shape index (κ1) is 11.5. The zero-order valence-corrected chi connectivity index (χ0v) is 8.53. The van der Waals surface area contributed by atoms with E-state index in [-0.39, 0.29) is 6.61 Å². The van der Waals surface area contributed by atoms with Crippen molar-refractivity contribution in [2.75, 3.05) is 6.61 Å². The normalized spacial score (nSPS) is 8.23. The third-order valence-corrected chi connectivity index (χ3v) is 1.38. The number of ether oxygens (including phenoxy) is 1. The molecule has 72 valence electrons. The number of nitriles is 1. The lowest BCUT2D eigenvalue weighted by Crippen LogP contribution is -1.96. The molecule has 0 fully saturated rings. The average molecular weight is 181 g/mol. The van der Waals surface area contributed by atoms with Gasteiger partial charge in [0.1, 0.15) is 6.07 Å². The highest BCUT2D eigenvalue weighted by atomic mass is 16.5. The average Bonchev–Trinajstić information content (AvgIpc) is 2.46. The minimum Gasteiger partial charge on any atom is -0.461 e. The van der Waals surface area contributed by atoms with Crippen LogP contribution in [-0.2, 0) is 7.05 Å². The van der Waals surface area contributed by atoms with Gasteiger partial charge in [-0.25, -0.2) is 0 Å². The second kappa shape index (κ2) is 6.06. The van der Waals surface area contributed by atoms with E-state index in [1.54, 1.807) is 10.7 Å². The Morgan fingerprint density at radius 3 is 2.62 bits per heavy atom. The van der Waals surface area contributed by atoms with Crippen LogP contribution < -0.4 is 4.74 Å². The Kier molecular flexibility index (Phi) is 5.37. The summed E-state index contributed by atoms with van der Waals surface area (Å²) in [5.41, 5.74) is 1.01. The van der Waals surface area contributed by atoms with Crippen LogP contribution in [0.5, 0.6) is 5.88 Å². The van der Waals surface area contributed by atoms with Gasteiger partial charge in [0, 0.05) is 18.8 Å². The molecule has 1 aromatic heterocycles. The van der Waals surface area contributed by atoms with Crippen molar-refractivity contribution in [2.24, 2.45) is 7.05 Å². The number of rotatable bonds is 2. The van der Waals surface area contributed by atoms with E-state index in [9.17, 15) is 0 Å². The summed E-state index contributed by atoms with van der Waals surface area (Å²) in [7, 11) is 1.83. The highest BCUT2D eigenvalue weighted by Gasteiger charge is 1.99. The van der Waals surface area contributed by atoms with Crippen molar-refractivity contribution in [3.8, 4) is 11.9 Å². The fourth-order valence-corrected chi connectivity index (χ4v) is 0.704. The summed E-state index contributed by atoms with van der Waals surface area (Å²) in [4.78, 5) is 0. The number of aromatic nitrogens is 2. The Labute approximate surface area is 78.7 Å². The summed E-state index contributed by atoms with van der Waals surface area (Å²) in [6.45, 7) is 5.97. The monoisotopic (exact) mass is 181 g/mol. The minimum atomic E-state index is 0.0520. The Hall–Kier alpha value is -1.50. The maximum atomic E-state index is 8.19. The third kappa shape index (κ3) is 3.61. The molecule has 0 amide bonds. The van der Waals surface area contributed by atoms with Gasteiger partial charge in [0.25, 0.3) is 0 Å². The molecule has 0 saturated heterocycles. The van der Waals surface area contributed by atoms with E-state index in [0.717, 1.165) is 5.69 Å². The molecule has 0 aromatic carbocycles. The highest BCUT2D eigenvalue weighted by molar-refractivity contribution is 5.14. The quantitative estimate of drug-likeness (QED) is 0.697. The molecule has 0 bridgehead atoms. The standard InChI is InChI=1S/C7H9N3O.C2H6/c1-6-5-7(9-10(6)2)11-4-3-8;1-2/h5H,4H2,1-2H3;1-2H3. The third-order valence-electron chi connectivity index (χ3n) is 1.38. The molecule has 0 saturated carbocycles. The number of aryl methyl sites for hydroxylation is 2. The largest absolute Gasteiger partial charge is 0.461 e. The van der Waals surface area contributed by atoms with Crippen molar-refractivity contribution >= 4 is 0 Å². The van der Waals surface area contributed by atoms with Crippen molar-refractivity contribution < 1.29 is 4.74 Å². The molecular weight excluding hydrogens is 166 g/mol. The molecule has 1 aromatic rings. The smallest absolute Gasteiger partial charge is 0.234 e. The molecule has 0 aliphatic carbocycles. The van der Waals surface area contributed by atoms with E-state index in [4.69, 9.17) is 10.00 Å². The number of hydrogen-bond donors (Lipinski definition) is 0. The summed E-state index contributed by atoms with van der Waals surface area (Å²) >= 11 is 0. The first-order valence-electron chi connectivity index (χ1n) is 4.24. The molecule has 13 heavy (non-hydrogen) atoms. The summed E-state index contributed by atoms with van der Waals surface area (Å²) in [6, 6.07) is 3.66. The van der Waals surface area contributed by atoms with Crippen LogP contribution in [0.15, 0.2) is 6.07 Å². The van der Waals surface area contributed by atoms with Gasteiger partial charge in [0.2, 0.25) is 5.88 Å². The van der Waals surface area contributed by atoms with Crippen LogP contribution >= 0.6 is 0 Å². The molecule has 4 heteroatoms. The van der Waals surface area contributed by atoms with Crippen LogP contribution in [0.4, 0.5) is 0 Å². The van der Waals surface area contributed by atoms with E-state index in [1.807, 2.05) is 33.9 Å². The van der Waals surface area contributed by atoms with Gasteiger partial charge in [-0.1, -0.05) is 13.8 Å². The van der Waals surface area contributed by atoms with Crippen LogP contribution in [0, 0.1) is 18.3 Å². The van der Waals surface area contributed by atoms with Gasteiger partial charge in [-0.15, -0.1) is 5.10 Å². The number of hydrogen-bond acceptors (Lipinski definition) is 3. The second-order valence-electron chi connectivity index (χ2n) is 2.19. The molecule has 0 N–H and O–H groups in total. The van der Waals surface area contributed by atoms with Crippen molar-refractivity contribution in [1.29, 1.82) is 5.26 Å². The zero-order chi connectivity index (χ0) is 10.3. The molecule has 4 nitrogen and oxygen atoms in total. The lowest BCUT2D eigenvalue weighted by Gasteiger charge is -1.92. The fourth-order valence-electron chi connectivity index (χ4n) is 0.704. The van der Waals surface area contributed by atoms with Crippen molar-refractivity contribution in [3.05, 3.63) is 11.8 Å². The minimum absolute atomic E-state index is 0.0520. The molecule has 0 aliphatic rings. The van der Waals surface area contributed by atoms with Gasteiger partial charge in [0.05, 0.1) is 0 Å². The molecular formula is C9H15N3O. The SMILES string of the molecule is CC.Cc1cc(OCC#N)nn1C. The van der Waals surface area contributed by atoms with Crippen LogP contribution in [0.25, 0.3) is 0 Å². The highest BCUT2D eigenvalue weighted by Crippen LogP contribution is 2.08. The van der Waals surface area contributed by atoms with E-state index in [0.29, 0.717) is 5.88 Å². The van der Waals surface area contributed by atoms with Gasteiger partial charge in [-0.05, 0) is 6.92 Å². The molecule has 0 radical (unpaired) electrons. The van der Waals surface area contributed by atoms with E-state index in [1.165, 1.54) is 0 Å². The molecule has 0 atom stereocenters. The zero-order valence-electron chi connectivity index (χ0n) is 8.53. The van der Waals surface area contributed by atoms with Crippen molar-refractivity contribution in [3.63, 3.8) is 0 Å². The van der Waals surface area contributed by atoms with Gasteiger partial charge in [-0.3, -0.25) is 4.68 Å². The Morgan fingerprint density at radius 2 is 2.23 bits per heavy atom. The lowest BCUT2D eigenvalue weighted by atomic mass is 10.5. The molecule has 0 unspecified atom stereocenters. The van der Waals surface area contributed by atoms with Crippen LogP contribution in [0.2, 0.25) is 0 Å². The first-order valence-corrected chi connectivity index (χ1v) is 4.24. The predicted octanol–water partition coefficient (Wildman–Crippen LogP) is 1.66. The molecule has 0 aliphatic heterocycles. The van der Waals surface area contributed by atoms with Crippen molar-refractivity contribution in [1.82, 2.24) is 9.78 Å². The summed E-state index contributed by atoms with van der Waals surface area (Å²) in [6.07, 6.45) is 0. The van der Waals surface area contributed by atoms with Gasteiger partial charge in [-0.2, -0.15) is 5.26 Å². The first-order chi connectivity index (χ1) is 6.24. The Bertz CT molecular complexity index is 266. The predicted molar refractivity (Wildman–Crippen MR) is 50.4 cm³/mol. The number of nitrogens with zero attached hydrogens (tertiary/aromatic N) is 3. The second-order valence-corrected chi connectivity index (χ2v) is 2.19. The summed E-state index contributed by atoms with van der Waals surface area (Å²) in [5.74, 6) is 0.506. The topological polar surface area (TPSA) is 50.8 Å². The fraction of sp³-hybridized carbons (Fsp3) is 0.556. The summed E-state index contributed by atoms with van der Waals surface area (Å²) in [5, 5.41) is 12.2. The summed E-state index contributed by atoms with van der Waals surface area (Å²) < 4.78 is 6.66. The van der Waals surface area contributed by atoms with Gasteiger partial charge in [0.15, 0.2) is 6.61 Å². The van der Waals surface area contributed by atoms with Gasteiger partial charge < -0.3 is 4.74 Å². The Balaban J connectivity index is 0.000000671. The van der Waals surface area contributed by atoms with Crippen LogP contribution in [0.1, 0.15) is 19.5 Å². The lowest BCUT2D eigenvalue weighted by molar-refractivity contribution is 0.349. The van der Waals surface area contributed by atoms with Crippen molar-refractivity contribution in [2.45, 2.75) is 20.8 Å². The van der Waals surface area contributed by atoms with Crippen LogP contribution in [0.3, 0.4) is 0 Å². The van der Waals surface area contributed by atoms with E-state index in [2.05, 4.69) is 5.10 Å².